The highest BCUT2D eigenvalue weighted by atomic mass is 79.9. The quantitative estimate of drug-likeness (QED) is 0.251. The van der Waals surface area contributed by atoms with Crippen LogP contribution >= 0.6 is 15.9 Å². The van der Waals surface area contributed by atoms with Gasteiger partial charge in [0.15, 0.2) is 11.5 Å². The van der Waals surface area contributed by atoms with Crippen molar-refractivity contribution in [2.75, 3.05) is 47.1 Å². The van der Waals surface area contributed by atoms with Crippen molar-refractivity contribution in [3.63, 3.8) is 0 Å². The second-order valence-electron chi connectivity index (χ2n) is 10.3. The Labute approximate surface area is 198 Å². The van der Waals surface area contributed by atoms with Crippen molar-refractivity contribution < 1.29 is 18.7 Å². The van der Waals surface area contributed by atoms with Gasteiger partial charge >= 0.3 is 0 Å². The average Bonchev–Trinajstić information content (AvgIpc) is 2.78. The summed E-state index contributed by atoms with van der Waals surface area (Å²) >= 11 is 3.74. The van der Waals surface area contributed by atoms with Crippen LogP contribution in [0.1, 0.15) is 58.9 Å². The molecule has 3 fully saturated rings. The maximum Gasteiger partial charge on any atom is 0.161 e. The van der Waals surface area contributed by atoms with E-state index in [1.165, 1.54) is 31.2 Å². The molecule has 31 heavy (non-hydrogen) atoms. The lowest BCUT2D eigenvalue weighted by Gasteiger charge is -2.60. The fourth-order valence-corrected chi connectivity index (χ4v) is 6.57. The molecule has 3 saturated carbocycles. The minimum atomic E-state index is 0.576. The van der Waals surface area contributed by atoms with Gasteiger partial charge in [0.2, 0.25) is 0 Å². The van der Waals surface area contributed by atoms with E-state index < -0.39 is 0 Å². The van der Waals surface area contributed by atoms with Gasteiger partial charge in [0.1, 0.15) is 13.1 Å². The number of fused-ring (bicyclic) bond motifs is 2. The average molecular weight is 498 g/mol. The molecule has 3 atom stereocenters. The molecular weight excluding hydrogens is 454 g/mol. The van der Waals surface area contributed by atoms with Crippen molar-refractivity contribution in [3.05, 3.63) is 22.2 Å². The lowest BCUT2D eigenvalue weighted by molar-refractivity contribution is -0.938. The molecule has 4 rings (SSSR count). The molecule has 3 aliphatic carbocycles. The van der Waals surface area contributed by atoms with Crippen LogP contribution in [0.2, 0.25) is 0 Å². The van der Waals surface area contributed by atoms with E-state index in [9.17, 15) is 0 Å². The maximum absolute atomic E-state index is 6.21. The Morgan fingerprint density at radius 1 is 1.03 bits per heavy atom. The van der Waals surface area contributed by atoms with E-state index in [1.54, 1.807) is 14.2 Å². The molecule has 0 heterocycles. The molecule has 0 aliphatic heterocycles. The third-order valence-corrected chi connectivity index (χ3v) is 9.48. The lowest BCUT2D eigenvalue weighted by Crippen LogP contribution is -2.52. The fourth-order valence-electron chi connectivity index (χ4n) is 6.12. The topological polar surface area (TPSA) is 27.7 Å². The third kappa shape index (κ3) is 5.25. The van der Waals surface area contributed by atoms with Gasteiger partial charge in [-0.1, -0.05) is 29.8 Å². The minimum Gasteiger partial charge on any atom is -0.493 e. The Hall–Kier alpha value is -0.780. The Morgan fingerprint density at radius 2 is 1.71 bits per heavy atom. The van der Waals surface area contributed by atoms with E-state index in [-0.39, 0.29) is 0 Å². The zero-order valence-corrected chi connectivity index (χ0v) is 22.1. The summed E-state index contributed by atoms with van der Waals surface area (Å²) < 4.78 is 19.3. The van der Waals surface area contributed by atoms with E-state index in [2.05, 4.69) is 49.7 Å². The molecule has 0 amide bonds. The van der Waals surface area contributed by atoms with Crippen LogP contribution in [-0.4, -0.2) is 51.6 Å². The van der Waals surface area contributed by atoms with E-state index in [0.29, 0.717) is 5.41 Å². The maximum atomic E-state index is 6.21. The van der Waals surface area contributed by atoms with Crippen molar-refractivity contribution in [2.45, 2.75) is 59.9 Å². The standard InChI is InChI=1S/C26H43BrNO3/c1-7-28(8-2,18-20-15-24(29-5)25(30-6)17-23(20)27)12-14-31-13-11-19-9-10-21-16-22(19)26(21,3)4/h15,17,19,21-22H,7-14,16,18H2,1-6H3/q+1. The van der Waals surface area contributed by atoms with Crippen LogP contribution < -0.4 is 9.47 Å². The molecular formula is C26H43BrNO3+. The molecule has 176 valence electrons. The normalized spacial score (nSPS) is 24.5. The van der Waals surface area contributed by atoms with E-state index >= 15 is 0 Å². The predicted molar refractivity (Wildman–Crippen MR) is 131 cm³/mol. The number of ether oxygens (including phenoxy) is 3. The summed E-state index contributed by atoms with van der Waals surface area (Å²) in [4.78, 5) is 0. The van der Waals surface area contributed by atoms with Gasteiger partial charge in [0.05, 0.1) is 33.9 Å². The van der Waals surface area contributed by atoms with E-state index in [1.807, 2.05) is 6.07 Å². The SMILES string of the molecule is CC[N+](CC)(CCOCCC1CCC2CC1C2(C)C)Cc1cc(OC)c(OC)cc1Br. The molecule has 0 aromatic heterocycles. The van der Waals surface area contributed by atoms with Gasteiger partial charge in [-0.2, -0.15) is 0 Å². The monoisotopic (exact) mass is 496 g/mol. The van der Waals surface area contributed by atoms with Crippen LogP contribution in [0.15, 0.2) is 16.6 Å². The summed E-state index contributed by atoms with van der Waals surface area (Å²) in [5, 5.41) is 0. The van der Waals surface area contributed by atoms with Gasteiger partial charge in [-0.05, 0) is 74.8 Å². The summed E-state index contributed by atoms with van der Waals surface area (Å²) in [5.41, 5.74) is 1.83. The first-order valence-electron chi connectivity index (χ1n) is 12.1. The smallest absolute Gasteiger partial charge is 0.161 e. The van der Waals surface area contributed by atoms with Gasteiger partial charge in [-0.15, -0.1) is 0 Å². The number of hydrogen-bond donors (Lipinski definition) is 0. The molecule has 4 nitrogen and oxygen atoms in total. The number of likely N-dealkylation sites (N-methyl/N-ethyl adjacent to an activating group) is 1. The molecule has 0 saturated heterocycles. The highest BCUT2D eigenvalue weighted by Crippen LogP contribution is 2.61. The number of hydrogen-bond acceptors (Lipinski definition) is 3. The second-order valence-corrected chi connectivity index (χ2v) is 11.1. The van der Waals surface area contributed by atoms with Crippen LogP contribution in [0, 0.1) is 23.2 Å². The first-order chi connectivity index (χ1) is 14.8. The van der Waals surface area contributed by atoms with Crippen molar-refractivity contribution in [3.8, 4) is 11.5 Å². The molecule has 2 bridgehead atoms. The molecule has 0 spiro atoms. The number of rotatable bonds is 12. The van der Waals surface area contributed by atoms with Gasteiger partial charge in [0, 0.05) is 16.6 Å². The largest absolute Gasteiger partial charge is 0.493 e. The molecule has 0 radical (unpaired) electrons. The molecule has 1 aromatic carbocycles. The number of benzene rings is 1. The van der Waals surface area contributed by atoms with E-state index in [4.69, 9.17) is 14.2 Å². The Balaban J connectivity index is 1.52. The summed E-state index contributed by atoms with van der Waals surface area (Å²) in [6.07, 6.45) is 5.54. The van der Waals surface area contributed by atoms with Crippen LogP contribution in [-0.2, 0) is 11.3 Å². The predicted octanol–water partition coefficient (Wildman–Crippen LogP) is 6.30. The van der Waals surface area contributed by atoms with Crippen molar-refractivity contribution in [1.29, 1.82) is 0 Å². The van der Waals surface area contributed by atoms with Crippen LogP contribution in [0.3, 0.4) is 0 Å². The van der Waals surface area contributed by atoms with Gasteiger partial charge in [0.25, 0.3) is 0 Å². The lowest BCUT2D eigenvalue weighted by atomic mass is 9.45. The number of halogens is 1. The van der Waals surface area contributed by atoms with E-state index in [0.717, 1.165) is 77.6 Å². The highest BCUT2D eigenvalue weighted by molar-refractivity contribution is 9.10. The molecule has 3 unspecified atom stereocenters. The molecule has 5 heteroatoms. The fraction of sp³-hybridized carbons (Fsp3) is 0.769. The number of quaternary nitrogens is 1. The van der Waals surface area contributed by atoms with Crippen LogP contribution in [0.5, 0.6) is 11.5 Å². The highest BCUT2D eigenvalue weighted by Gasteiger charge is 2.53. The summed E-state index contributed by atoms with van der Waals surface area (Å²) in [6, 6.07) is 4.13. The Kier molecular flexibility index (Phi) is 8.37. The summed E-state index contributed by atoms with van der Waals surface area (Å²) in [7, 11) is 3.37. The zero-order valence-electron chi connectivity index (χ0n) is 20.5. The van der Waals surface area contributed by atoms with Crippen LogP contribution in [0.25, 0.3) is 0 Å². The first-order valence-corrected chi connectivity index (χ1v) is 12.9. The number of methoxy groups -OCH3 is 2. The number of nitrogens with zero attached hydrogens (tertiary/aromatic N) is 1. The van der Waals surface area contributed by atoms with Crippen molar-refractivity contribution >= 4 is 15.9 Å². The zero-order chi connectivity index (χ0) is 22.6. The molecule has 3 aliphatic rings. The van der Waals surface area contributed by atoms with Gasteiger partial charge in [-0.25, -0.2) is 0 Å². The second kappa shape index (κ2) is 10.4. The van der Waals surface area contributed by atoms with Gasteiger partial charge < -0.3 is 18.7 Å². The van der Waals surface area contributed by atoms with Crippen molar-refractivity contribution in [2.24, 2.45) is 23.2 Å². The first kappa shape index (κ1) is 24.9. The Morgan fingerprint density at radius 3 is 2.29 bits per heavy atom. The molecule has 1 aromatic rings. The van der Waals surface area contributed by atoms with Gasteiger partial charge in [-0.3, -0.25) is 0 Å². The van der Waals surface area contributed by atoms with Crippen molar-refractivity contribution in [1.82, 2.24) is 0 Å². The minimum absolute atomic E-state index is 0.576. The summed E-state index contributed by atoms with van der Waals surface area (Å²) in [5.74, 6) is 4.34. The molecule has 0 N–H and O–H groups in total. The third-order valence-electron chi connectivity index (χ3n) is 8.74. The van der Waals surface area contributed by atoms with Crippen LogP contribution in [0.4, 0.5) is 0 Å². The Bertz CT molecular complexity index is 730. The summed E-state index contributed by atoms with van der Waals surface area (Å²) in [6.45, 7) is 15.4.